The molecule has 18 heavy (non-hydrogen) atoms. The number of hydrogen-bond donors (Lipinski definition) is 1. The summed E-state index contributed by atoms with van der Waals surface area (Å²) in [6.07, 6.45) is 1.88. The van der Waals surface area contributed by atoms with E-state index in [2.05, 4.69) is 16.5 Å². The summed E-state index contributed by atoms with van der Waals surface area (Å²) < 4.78 is 3.98. The summed E-state index contributed by atoms with van der Waals surface area (Å²) >= 11 is 13.5. The molecule has 0 spiro atoms. The topological polar surface area (TPSA) is 51.8 Å². The second kappa shape index (κ2) is 5.97. The van der Waals surface area contributed by atoms with Gasteiger partial charge >= 0.3 is 0 Å². The van der Waals surface area contributed by atoms with Crippen LogP contribution in [0.2, 0.25) is 10.0 Å². The van der Waals surface area contributed by atoms with Gasteiger partial charge in [-0.25, -0.2) is 0 Å². The fourth-order valence-electron chi connectivity index (χ4n) is 1.76. The van der Waals surface area contributed by atoms with Crippen LogP contribution in [0.3, 0.4) is 0 Å². The Labute approximate surface area is 120 Å². The fourth-order valence-corrected chi connectivity index (χ4v) is 2.89. The molecule has 6 heteroatoms. The SMILES string of the molecule is CCCc1nnsc1C(N)c1cc(Cl)ccc1Cl. The summed E-state index contributed by atoms with van der Waals surface area (Å²) in [5, 5.41) is 5.36. The van der Waals surface area contributed by atoms with Crippen LogP contribution in [0.25, 0.3) is 0 Å². The van der Waals surface area contributed by atoms with Crippen LogP contribution >= 0.6 is 34.7 Å². The maximum Gasteiger partial charge on any atom is 0.0807 e. The molecular formula is C12H13Cl2N3S. The fraction of sp³-hybridized carbons (Fsp3) is 0.333. The van der Waals surface area contributed by atoms with E-state index < -0.39 is 0 Å². The first-order chi connectivity index (χ1) is 8.63. The lowest BCUT2D eigenvalue weighted by molar-refractivity contribution is 0.814. The number of aromatic nitrogens is 2. The average molecular weight is 302 g/mol. The van der Waals surface area contributed by atoms with E-state index in [0.29, 0.717) is 10.0 Å². The zero-order valence-corrected chi connectivity index (χ0v) is 12.2. The van der Waals surface area contributed by atoms with Gasteiger partial charge in [-0.05, 0) is 41.7 Å². The number of nitrogens with two attached hydrogens (primary N) is 1. The maximum absolute atomic E-state index is 6.25. The monoisotopic (exact) mass is 301 g/mol. The van der Waals surface area contributed by atoms with Crippen LogP contribution in [0, 0.1) is 0 Å². The molecule has 0 fully saturated rings. The molecule has 2 rings (SSSR count). The summed E-state index contributed by atoms with van der Waals surface area (Å²) in [4.78, 5) is 0.959. The minimum atomic E-state index is -0.322. The van der Waals surface area contributed by atoms with Crippen molar-refractivity contribution in [3.8, 4) is 0 Å². The highest BCUT2D eigenvalue weighted by Gasteiger charge is 2.19. The van der Waals surface area contributed by atoms with Crippen molar-refractivity contribution in [2.75, 3.05) is 0 Å². The molecule has 0 radical (unpaired) electrons. The molecule has 96 valence electrons. The predicted octanol–water partition coefficient (Wildman–Crippen LogP) is 3.85. The molecule has 1 heterocycles. The molecule has 1 unspecified atom stereocenters. The summed E-state index contributed by atoms with van der Waals surface area (Å²) in [5.41, 5.74) is 8.01. The van der Waals surface area contributed by atoms with Crippen molar-refractivity contribution in [3.05, 3.63) is 44.4 Å². The van der Waals surface area contributed by atoms with Gasteiger partial charge in [-0.2, -0.15) is 0 Å². The van der Waals surface area contributed by atoms with Crippen LogP contribution in [0.5, 0.6) is 0 Å². The normalized spacial score (nSPS) is 12.7. The second-order valence-corrected chi connectivity index (χ2v) is 5.61. The first-order valence-corrected chi connectivity index (χ1v) is 7.18. The van der Waals surface area contributed by atoms with Crippen LogP contribution < -0.4 is 5.73 Å². The molecule has 1 aromatic heterocycles. The molecule has 3 nitrogen and oxygen atoms in total. The highest BCUT2D eigenvalue weighted by Crippen LogP contribution is 2.32. The smallest absolute Gasteiger partial charge is 0.0807 e. The van der Waals surface area contributed by atoms with E-state index in [1.807, 2.05) is 0 Å². The molecule has 1 atom stereocenters. The molecule has 0 bridgehead atoms. The van der Waals surface area contributed by atoms with Crippen LogP contribution in [0.1, 0.15) is 35.5 Å². The van der Waals surface area contributed by atoms with Gasteiger partial charge in [0.1, 0.15) is 0 Å². The number of nitrogens with zero attached hydrogens (tertiary/aromatic N) is 2. The van der Waals surface area contributed by atoms with Crippen LogP contribution in [-0.2, 0) is 6.42 Å². The number of halogens is 2. The van der Waals surface area contributed by atoms with E-state index >= 15 is 0 Å². The van der Waals surface area contributed by atoms with Gasteiger partial charge in [0, 0.05) is 10.0 Å². The lowest BCUT2D eigenvalue weighted by Crippen LogP contribution is -2.13. The summed E-state index contributed by atoms with van der Waals surface area (Å²) in [6, 6.07) is 4.98. The van der Waals surface area contributed by atoms with Crippen molar-refractivity contribution >= 4 is 34.7 Å². The molecule has 2 aromatic rings. The van der Waals surface area contributed by atoms with Gasteiger partial charge in [0.05, 0.1) is 16.6 Å². The summed E-state index contributed by atoms with van der Waals surface area (Å²) in [6.45, 7) is 2.10. The number of aryl methyl sites for hydroxylation is 1. The van der Waals surface area contributed by atoms with E-state index in [4.69, 9.17) is 28.9 Å². The zero-order chi connectivity index (χ0) is 13.1. The zero-order valence-electron chi connectivity index (χ0n) is 9.86. The molecule has 2 N–H and O–H groups in total. The third-order valence-corrected chi connectivity index (χ3v) is 4.08. The largest absolute Gasteiger partial charge is 0.319 e. The molecule has 0 aliphatic carbocycles. The summed E-state index contributed by atoms with van der Waals surface area (Å²) in [7, 11) is 0. The van der Waals surface area contributed by atoms with Crippen molar-refractivity contribution in [3.63, 3.8) is 0 Å². The second-order valence-electron chi connectivity index (χ2n) is 3.98. The Hall–Kier alpha value is -0.680. The van der Waals surface area contributed by atoms with E-state index in [9.17, 15) is 0 Å². The van der Waals surface area contributed by atoms with Gasteiger partial charge in [-0.3, -0.25) is 0 Å². The van der Waals surface area contributed by atoms with Crippen LogP contribution in [0.15, 0.2) is 18.2 Å². The van der Waals surface area contributed by atoms with Crippen molar-refractivity contribution in [1.29, 1.82) is 0 Å². The van der Waals surface area contributed by atoms with Crippen molar-refractivity contribution < 1.29 is 0 Å². The Kier molecular flexibility index (Phi) is 4.56. The van der Waals surface area contributed by atoms with Gasteiger partial charge in [-0.15, -0.1) is 5.10 Å². The predicted molar refractivity (Wildman–Crippen MR) is 76.4 cm³/mol. The standard InChI is InChI=1S/C12H13Cl2N3S/c1-2-3-10-12(18-17-16-10)11(15)8-6-7(13)4-5-9(8)14/h4-6,11H,2-3,15H2,1H3. The Morgan fingerprint density at radius 1 is 1.39 bits per heavy atom. The Morgan fingerprint density at radius 2 is 2.17 bits per heavy atom. The Balaban J connectivity index is 2.38. The van der Waals surface area contributed by atoms with E-state index in [1.54, 1.807) is 18.2 Å². The highest BCUT2D eigenvalue weighted by atomic mass is 35.5. The molecule has 0 saturated heterocycles. The van der Waals surface area contributed by atoms with Gasteiger partial charge in [0.15, 0.2) is 0 Å². The van der Waals surface area contributed by atoms with Gasteiger partial charge in [0.25, 0.3) is 0 Å². The minimum Gasteiger partial charge on any atom is -0.319 e. The number of hydrogen-bond acceptors (Lipinski definition) is 4. The van der Waals surface area contributed by atoms with Crippen molar-refractivity contribution in [2.45, 2.75) is 25.8 Å². The molecule has 0 amide bonds. The Bertz CT molecular complexity index is 542. The molecular weight excluding hydrogens is 289 g/mol. The van der Waals surface area contributed by atoms with Crippen LogP contribution in [0.4, 0.5) is 0 Å². The first kappa shape index (κ1) is 13.7. The molecule has 1 aromatic carbocycles. The van der Waals surface area contributed by atoms with Crippen molar-refractivity contribution in [2.24, 2.45) is 5.73 Å². The van der Waals surface area contributed by atoms with Crippen LogP contribution in [-0.4, -0.2) is 9.59 Å². The Morgan fingerprint density at radius 3 is 2.89 bits per heavy atom. The molecule has 0 aliphatic heterocycles. The van der Waals surface area contributed by atoms with Gasteiger partial charge < -0.3 is 5.73 Å². The molecule has 0 aliphatic rings. The number of rotatable bonds is 4. The average Bonchev–Trinajstić information content (AvgIpc) is 2.80. The summed E-state index contributed by atoms with van der Waals surface area (Å²) in [5.74, 6) is 0. The van der Waals surface area contributed by atoms with Gasteiger partial charge in [0.2, 0.25) is 0 Å². The third kappa shape index (κ3) is 2.83. The van der Waals surface area contributed by atoms with Gasteiger partial charge in [-0.1, -0.05) is 41.0 Å². The van der Waals surface area contributed by atoms with E-state index in [0.717, 1.165) is 29.0 Å². The molecule has 0 saturated carbocycles. The lowest BCUT2D eigenvalue weighted by atomic mass is 10.0. The first-order valence-electron chi connectivity index (χ1n) is 5.65. The highest BCUT2D eigenvalue weighted by molar-refractivity contribution is 7.05. The van der Waals surface area contributed by atoms with Crippen molar-refractivity contribution in [1.82, 2.24) is 9.59 Å². The minimum absolute atomic E-state index is 0.322. The van der Waals surface area contributed by atoms with E-state index in [1.165, 1.54) is 11.5 Å². The quantitative estimate of drug-likeness (QED) is 0.933. The lowest BCUT2D eigenvalue weighted by Gasteiger charge is -2.13. The third-order valence-electron chi connectivity index (χ3n) is 2.65. The number of benzene rings is 1. The maximum atomic E-state index is 6.25. The van der Waals surface area contributed by atoms with E-state index in [-0.39, 0.29) is 6.04 Å².